The van der Waals surface area contributed by atoms with Crippen LogP contribution in [0.2, 0.25) is 0 Å². The van der Waals surface area contributed by atoms with E-state index >= 15 is 0 Å². The third-order valence-corrected chi connectivity index (χ3v) is 2.61. The Bertz CT molecular complexity index is 509. The van der Waals surface area contributed by atoms with Gasteiger partial charge >= 0.3 is 11.9 Å². The van der Waals surface area contributed by atoms with Crippen LogP contribution in [0.25, 0.3) is 0 Å². The molecule has 0 aliphatic carbocycles. The molecule has 0 heterocycles. The lowest BCUT2D eigenvalue weighted by atomic mass is 10.2. The number of carbonyl (C=O) groups excluding carboxylic acids is 2. The Kier molecular flexibility index (Phi) is 6.39. The molecule has 0 spiro atoms. The largest absolute Gasteiger partial charge is 0.462 e. The van der Waals surface area contributed by atoms with Gasteiger partial charge in [-0.2, -0.15) is 0 Å². The Morgan fingerprint density at radius 3 is 2.19 bits per heavy atom. The molecule has 0 aromatic heterocycles. The molecule has 0 amide bonds. The summed E-state index contributed by atoms with van der Waals surface area (Å²) in [6.07, 6.45) is -0.0417. The second-order valence-electron chi connectivity index (χ2n) is 4.75. The highest BCUT2D eigenvalue weighted by Gasteiger charge is 2.08. The van der Waals surface area contributed by atoms with E-state index in [0.717, 1.165) is 5.69 Å². The molecule has 0 atom stereocenters. The lowest BCUT2D eigenvalue weighted by Gasteiger charge is -2.12. The lowest BCUT2D eigenvalue weighted by Crippen LogP contribution is -2.15. The molecule has 0 unspecified atom stereocenters. The first-order chi connectivity index (χ1) is 9.90. The first-order valence-corrected chi connectivity index (χ1v) is 6.54. The highest BCUT2D eigenvalue weighted by molar-refractivity contribution is 5.95. The van der Waals surface area contributed by atoms with Crippen molar-refractivity contribution >= 4 is 23.3 Å². The third-order valence-electron chi connectivity index (χ3n) is 2.61. The van der Waals surface area contributed by atoms with Gasteiger partial charge in [-0.25, -0.2) is 4.79 Å². The van der Waals surface area contributed by atoms with E-state index in [1.54, 1.807) is 12.1 Å². The molecule has 1 rings (SSSR count). The molecular weight excluding hydrogens is 272 g/mol. The molecule has 0 saturated heterocycles. The number of ether oxygens (including phenoxy) is 2. The van der Waals surface area contributed by atoms with E-state index in [1.165, 1.54) is 6.92 Å². The molecule has 1 aromatic rings. The summed E-state index contributed by atoms with van der Waals surface area (Å²) in [5, 5.41) is 7.14. The standard InChI is InChI=1S/C15H20N2O4/c1-11(16)10-14(18)20-8-9-21-15(19)12-4-6-13(7-5-12)17(2)3/h4-7,16H,8-10H2,1-3H3. The van der Waals surface area contributed by atoms with Crippen LogP contribution in [0.15, 0.2) is 24.3 Å². The number of nitrogens with zero attached hydrogens (tertiary/aromatic N) is 1. The van der Waals surface area contributed by atoms with E-state index in [1.807, 2.05) is 31.1 Å². The SMILES string of the molecule is CC(=N)CC(=O)OCCOC(=O)c1ccc(N(C)C)cc1. The molecule has 0 bridgehead atoms. The number of anilines is 1. The van der Waals surface area contributed by atoms with E-state index in [-0.39, 0.29) is 25.3 Å². The Morgan fingerprint density at radius 1 is 1.10 bits per heavy atom. The van der Waals surface area contributed by atoms with Crippen molar-refractivity contribution in [2.75, 3.05) is 32.2 Å². The zero-order chi connectivity index (χ0) is 15.8. The van der Waals surface area contributed by atoms with Crippen molar-refractivity contribution in [2.45, 2.75) is 13.3 Å². The van der Waals surface area contributed by atoms with Gasteiger partial charge in [0.15, 0.2) is 0 Å². The minimum absolute atomic E-state index is 0.00292. The van der Waals surface area contributed by atoms with Crippen molar-refractivity contribution in [3.8, 4) is 0 Å². The number of rotatable bonds is 7. The van der Waals surface area contributed by atoms with Crippen molar-refractivity contribution in [2.24, 2.45) is 0 Å². The van der Waals surface area contributed by atoms with Gasteiger partial charge in [0, 0.05) is 25.5 Å². The molecule has 0 aliphatic rings. The normalized spacial score (nSPS) is 9.86. The van der Waals surface area contributed by atoms with E-state index < -0.39 is 11.9 Å². The number of benzene rings is 1. The number of hydrogen-bond acceptors (Lipinski definition) is 6. The number of nitrogens with one attached hydrogen (secondary N) is 1. The maximum absolute atomic E-state index is 11.7. The average Bonchev–Trinajstić information content (AvgIpc) is 2.42. The van der Waals surface area contributed by atoms with Gasteiger partial charge in [0.25, 0.3) is 0 Å². The second-order valence-corrected chi connectivity index (χ2v) is 4.75. The summed E-state index contributed by atoms with van der Waals surface area (Å²) < 4.78 is 9.83. The molecule has 6 heteroatoms. The topological polar surface area (TPSA) is 79.7 Å². The minimum atomic E-state index is -0.492. The van der Waals surface area contributed by atoms with Gasteiger partial charge in [-0.3, -0.25) is 4.79 Å². The first kappa shape index (κ1) is 16.7. The van der Waals surface area contributed by atoms with Crippen molar-refractivity contribution < 1.29 is 19.1 Å². The second kappa shape index (κ2) is 8.04. The van der Waals surface area contributed by atoms with E-state index in [9.17, 15) is 9.59 Å². The predicted molar refractivity (Wildman–Crippen MR) is 80.0 cm³/mol. The van der Waals surface area contributed by atoms with Gasteiger partial charge in [0.2, 0.25) is 0 Å². The summed E-state index contributed by atoms with van der Waals surface area (Å²) >= 11 is 0. The monoisotopic (exact) mass is 292 g/mol. The molecule has 114 valence electrons. The van der Waals surface area contributed by atoms with Gasteiger partial charge in [-0.1, -0.05) is 0 Å². The summed E-state index contributed by atoms with van der Waals surface area (Å²) in [5.41, 5.74) is 1.67. The molecule has 1 aromatic carbocycles. The Balaban J connectivity index is 2.34. The lowest BCUT2D eigenvalue weighted by molar-refractivity contribution is -0.143. The fourth-order valence-electron chi connectivity index (χ4n) is 1.54. The van der Waals surface area contributed by atoms with E-state index in [4.69, 9.17) is 14.9 Å². The highest BCUT2D eigenvalue weighted by Crippen LogP contribution is 2.12. The van der Waals surface area contributed by atoms with Gasteiger partial charge < -0.3 is 19.8 Å². The van der Waals surface area contributed by atoms with E-state index in [2.05, 4.69) is 0 Å². The molecular formula is C15H20N2O4. The van der Waals surface area contributed by atoms with Crippen LogP contribution in [0.5, 0.6) is 0 Å². The Morgan fingerprint density at radius 2 is 1.67 bits per heavy atom. The van der Waals surface area contributed by atoms with Crippen LogP contribution >= 0.6 is 0 Å². The quantitative estimate of drug-likeness (QED) is 0.471. The smallest absolute Gasteiger partial charge is 0.338 e. The van der Waals surface area contributed by atoms with Crippen molar-refractivity contribution in [1.29, 1.82) is 5.41 Å². The van der Waals surface area contributed by atoms with Crippen LogP contribution in [0.1, 0.15) is 23.7 Å². The summed E-state index contributed by atoms with van der Waals surface area (Å²) in [7, 11) is 3.83. The van der Waals surface area contributed by atoms with Crippen LogP contribution in [-0.2, 0) is 14.3 Å². The maximum atomic E-state index is 11.7. The van der Waals surface area contributed by atoms with Crippen molar-refractivity contribution in [1.82, 2.24) is 0 Å². The fourth-order valence-corrected chi connectivity index (χ4v) is 1.54. The molecule has 0 saturated carbocycles. The van der Waals surface area contributed by atoms with Gasteiger partial charge in [0.05, 0.1) is 12.0 Å². The van der Waals surface area contributed by atoms with Crippen molar-refractivity contribution in [3.05, 3.63) is 29.8 Å². The maximum Gasteiger partial charge on any atom is 0.338 e. The number of carbonyl (C=O) groups is 2. The van der Waals surface area contributed by atoms with Gasteiger partial charge in [0.1, 0.15) is 13.2 Å². The van der Waals surface area contributed by atoms with Crippen LogP contribution < -0.4 is 4.90 Å². The average molecular weight is 292 g/mol. The van der Waals surface area contributed by atoms with Crippen LogP contribution in [0, 0.1) is 5.41 Å². The molecule has 1 N–H and O–H groups in total. The minimum Gasteiger partial charge on any atom is -0.462 e. The zero-order valence-corrected chi connectivity index (χ0v) is 12.5. The van der Waals surface area contributed by atoms with Crippen LogP contribution in [0.3, 0.4) is 0 Å². The Labute approximate surface area is 124 Å². The van der Waals surface area contributed by atoms with Gasteiger partial charge in [-0.05, 0) is 31.2 Å². The molecule has 0 radical (unpaired) electrons. The molecule has 0 aliphatic heterocycles. The fraction of sp³-hybridized carbons (Fsp3) is 0.400. The predicted octanol–water partition coefficient (Wildman–Crippen LogP) is 1.88. The third kappa shape index (κ3) is 6.07. The van der Waals surface area contributed by atoms with Gasteiger partial charge in [-0.15, -0.1) is 0 Å². The van der Waals surface area contributed by atoms with E-state index in [0.29, 0.717) is 5.56 Å². The number of esters is 2. The van der Waals surface area contributed by atoms with Crippen LogP contribution in [-0.4, -0.2) is 45.0 Å². The van der Waals surface area contributed by atoms with Crippen LogP contribution in [0.4, 0.5) is 5.69 Å². The molecule has 21 heavy (non-hydrogen) atoms. The molecule has 0 fully saturated rings. The highest BCUT2D eigenvalue weighted by atomic mass is 16.6. The Hall–Kier alpha value is -2.37. The van der Waals surface area contributed by atoms with Crippen molar-refractivity contribution in [3.63, 3.8) is 0 Å². The first-order valence-electron chi connectivity index (χ1n) is 6.54. The summed E-state index contributed by atoms with van der Waals surface area (Å²) in [6.45, 7) is 1.52. The summed E-state index contributed by atoms with van der Waals surface area (Å²) in [4.78, 5) is 24.8. The summed E-state index contributed by atoms with van der Waals surface area (Å²) in [6, 6.07) is 7.01. The summed E-state index contributed by atoms with van der Waals surface area (Å²) in [5.74, 6) is -0.950. The zero-order valence-electron chi connectivity index (χ0n) is 12.5. The number of hydrogen-bond donors (Lipinski definition) is 1. The molecule has 6 nitrogen and oxygen atoms in total.